The van der Waals surface area contributed by atoms with Crippen molar-refractivity contribution in [3.63, 3.8) is 0 Å². The van der Waals surface area contributed by atoms with Crippen molar-refractivity contribution < 1.29 is 19.1 Å². The number of urea groups is 1. The maximum absolute atomic E-state index is 13.0. The molecule has 0 bridgehead atoms. The monoisotopic (exact) mass is 293 g/mol. The second-order valence-corrected chi connectivity index (χ2v) is 5.54. The van der Waals surface area contributed by atoms with Crippen LogP contribution < -0.4 is 10.6 Å². The molecule has 0 aliphatic heterocycles. The Kier molecular flexibility index (Phi) is 4.87. The number of nitriles is 1. The predicted molar refractivity (Wildman–Crippen MR) is 74.1 cm³/mol. The first-order valence-corrected chi connectivity index (χ1v) is 6.15. The average Bonchev–Trinajstić information content (AvgIpc) is 2.36. The molecule has 0 saturated carbocycles. The predicted octanol–water partition coefficient (Wildman–Crippen LogP) is 2.32. The van der Waals surface area contributed by atoms with Gasteiger partial charge in [-0.2, -0.15) is 5.26 Å². The normalized spacial score (nSPS) is 12.1. The van der Waals surface area contributed by atoms with Gasteiger partial charge in [0.2, 0.25) is 0 Å². The smallest absolute Gasteiger partial charge is 0.326 e. The van der Waals surface area contributed by atoms with Crippen LogP contribution in [-0.4, -0.2) is 23.1 Å². The summed E-state index contributed by atoms with van der Waals surface area (Å²) in [6, 6.07) is 3.17. The maximum Gasteiger partial charge on any atom is 0.326 e. The number of halogens is 1. The quantitative estimate of drug-likeness (QED) is 0.795. The van der Waals surface area contributed by atoms with E-state index in [0.717, 1.165) is 12.1 Å². The number of carbonyl (C=O) groups excluding carboxylic acids is 1. The van der Waals surface area contributed by atoms with E-state index in [1.807, 2.05) is 0 Å². The number of aliphatic carboxylic acids is 1. The van der Waals surface area contributed by atoms with Crippen molar-refractivity contribution in [2.45, 2.75) is 26.8 Å². The van der Waals surface area contributed by atoms with E-state index in [0.29, 0.717) is 0 Å². The van der Waals surface area contributed by atoms with Crippen LogP contribution in [0.15, 0.2) is 18.2 Å². The first-order chi connectivity index (χ1) is 9.65. The number of carbonyl (C=O) groups is 2. The molecule has 6 nitrogen and oxygen atoms in total. The van der Waals surface area contributed by atoms with Crippen LogP contribution in [0.2, 0.25) is 0 Å². The van der Waals surface area contributed by atoms with E-state index in [9.17, 15) is 14.0 Å². The van der Waals surface area contributed by atoms with Crippen LogP contribution in [-0.2, 0) is 4.79 Å². The zero-order valence-electron chi connectivity index (χ0n) is 11.9. The molecule has 0 spiro atoms. The molecule has 21 heavy (non-hydrogen) atoms. The molecule has 1 aromatic carbocycles. The van der Waals surface area contributed by atoms with Gasteiger partial charge < -0.3 is 15.7 Å². The highest BCUT2D eigenvalue weighted by Gasteiger charge is 2.32. The number of amides is 2. The van der Waals surface area contributed by atoms with E-state index in [1.54, 1.807) is 26.8 Å². The fourth-order valence-corrected chi connectivity index (χ4v) is 1.66. The SMILES string of the molecule is CC(C)(C)[C@@H](NC(=O)Nc1ccc(F)cc1C#N)C(=O)O. The largest absolute Gasteiger partial charge is 0.480 e. The summed E-state index contributed by atoms with van der Waals surface area (Å²) in [6.45, 7) is 5.01. The van der Waals surface area contributed by atoms with Gasteiger partial charge in [-0.05, 0) is 23.6 Å². The number of carboxylic acid groups (broad SMARTS) is 1. The van der Waals surface area contributed by atoms with Gasteiger partial charge in [0, 0.05) is 0 Å². The first kappa shape index (κ1) is 16.4. The molecule has 3 N–H and O–H groups in total. The molecule has 1 atom stereocenters. The van der Waals surface area contributed by atoms with Gasteiger partial charge in [-0.1, -0.05) is 20.8 Å². The minimum atomic E-state index is -1.17. The highest BCUT2D eigenvalue weighted by molar-refractivity contribution is 5.93. The highest BCUT2D eigenvalue weighted by Crippen LogP contribution is 2.20. The Bertz CT molecular complexity index is 602. The Morgan fingerprint density at radius 1 is 1.38 bits per heavy atom. The third-order valence-corrected chi connectivity index (χ3v) is 2.74. The summed E-state index contributed by atoms with van der Waals surface area (Å²) in [6.07, 6.45) is 0. The molecule has 0 fully saturated rings. The van der Waals surface area contributed by atoms with E-state index in [1.165, 1.54) is 6.07 Å². The number of rotatable bonds is 3. The Hall–Kier alpha value is -2.62. The Labute approximate surface area is 121 Å². The molecular weight excluding hydrogens is 277 g/mol. The number of nitrogens with one attached hydrogen (secondary N) is 2. The van der Waals surface area contributed by atoms with Gasteiger partial charge >= 0.3 is 12.0 Å². The van der Waals surface area contributed by atoms with Crippen molar-refractivity contribution in [2.75, 3.05) is 5.32 Å². The van der Waals surface area contributed by atoms with E-state index in [-0.39, 0.29) is 11.3 Å². The van der Waals surface area contributed by atoms with Gasteiger partial charge in [0.15, 0.2) is 0 Å². The van der Waals surface area contributed by atoms with Crippen molar-refractivity contribution >= 4 is 17.7 Å². The van der Waals surface area contributed by atoms with E-state index in [2.05, 4.69) is 10.6 Å². The Morgan fingerprint density at radius 3 is 2.48 bits per heavy atom. The molecule has 0 aromatic heterocycles. The number of carboxylic acids is 1. The molecule has 0 saturated heterocycles. The van der Waals surface area contributed by atoms with E-state index < -0.39 is 29.3 Å². The minimum absolute atomic E-state index is 0.0483. The van der Waals surface area contributed by atoms with Crippen LogP contribution in [0, 0.1) is 22.6 Å². The minimum Gasteiger partial charge on any atom is -0.480 e. The van der Waals surface area contributed by atoms with Crippen LogP contribution in [0.3, 0.4) is 0 Å². The van der Waals surface area contributed by atoms with Gasteiger partial charge in [-0.15, -0.1) is 0 Å². The summed E-state index contributed by atoms with van der Waals surface area (Å²) in [5.41, 5.74) is -0.633. The van der Waals surface area contributed by atoms with Crippen LogP contribution in [0.25, 0.3) is 0 Å². The second-order valence-electron chi connectivity index (χ2n) is 5.54. The molecule has 0 unspecified atom stereocenters. The number of anilines is 1. The van der Waals surface area contributed by atoms with Crippen molar-refractivity contribution in [1.29, 1.82) is 5.26 Å². The zero-order chi connectivity index (χ0) is 16.2. The molecule has 1 rings (SSSR count). The standard InChI is InChI=1S/C14H16FN3O3/c1-14(2,3)11(12(19)20)18-13(21)17-10-5-4-9(15)6-8(10)7-16/h4-6,11H,1-3H3,(H,19,20)(H2,17,18,21)/t11-/m0/s1. The molecule has 0 aliphatic carbocycles. The van der Waals surface area contributed by atoms with Gasteiger partial charge in [-0.3, -0.25) is 0 Å². The third kappa shape index (κ3) is 4.45. The van der Waals surface area contributed by atoms with Crippen LogP contribution in [0.4, 0.5) is 14.9 Å². The zero-order valence-corrected chi connectivity index (χ0v) is 11.9. The van der Waals surface area contributed by atoms with Gasteiger partial charge in [-0.25, -0.2) is 14.0 Å². The molecular formula is C14H16FN3O3. The lowest BCUT2D eigenvalue weighted by atomic mass is 9.87. The summed E-state index contributed by atoms with van der Waals surface area (Å²) < 4.78 is 13.0. The van der Waals surface area contributed by atoms with Crippen molar-refractivity contribution in [3.8, 4) is 6.07 Å². The summed E-state index contributed by atoms with van der Waals surface area (Å²) in [5, 5.41) is 22.7. The lowest BCUT2D eigenvalue weighted by molar-refractivity contribution is -0.141. The molecule has 0 aliphatic rings. The molecule has 7 heteroatoms. The summed E-state index contributed by atoms with van der Waals surface area (Å²) in [4.78, 5) is 23.0. The topological polar surface area (TPSA) is 102 Å². The number of benzene rings is 1. The van der Waals surface area contributed by atoms with Crippen LogP contribution in [0.5, 0.6) is 0 Å². The molecule has 1 aromatic rings. The number of nitrogens with zero attached hydrogens (tertiary/aromatic N) is 1. The van der Waals surface area contributed by atoms with E-state index in [4.69, 9.17) is 10.4 Å². The summed E-state index contributed by atoms with van der Waals surface area (Å²) in [7, 11) is 0. The summed E-state index contributed by atoms with van der Waals surface area (Å²) >= 11 is 0. The second kappa shape index (κ2) is 6.22. The van der Waals surface area contributed by atoms with Crippen LogP contribution in [0.1, 0.15) is 26.3 Å². The Morgan fingerprint density at radius 2 is 2.00 bits per heavy atom. The van der Waals surface area contributed by atoms with Crippen LogP contribution >= 0.6 is 0 Å². The maximum atomic E-state index is 13.0. The fourth-order valence-electron chi connectivity index (χ4n) is 1.66. The summed E-state index contributed by atoms with van der Waals surface area (Å²) in [5.74, 6) is -1.77. The first-order valence-electron chi connectivity index (χ1n) is 6.15. The van der Waals surface area contributed by atoms with Crippen molar-refractivity contribution in [3.05, 3.63) is 29.6 Å². The van der Waals surface area contributed by atoms with Gasteiger partial charge in [0.25, 0.3) is 0 Å². The molecule has 2 amide bonds. The molecule has 112 valence electrons. The van der Waals surface area contributed by atoms with Crippen molar-refractivity contribution in [2.24, 2.45) is 5.41 Å². The third-order valence-electron chi connectivity index (χ3n) is 2.74. The van der Waals surface area contributed by atoms with E-state index >= 15 is 0 Å². The average molecular weight is 293 g/mol. The van der Waals surface area contributed by atoms with Gasteiger partial charge in [0.05, 0.1) is 11.3 Å². The Balaban J connectivity index is 2.87. The van der Waals surface area contributed by atoms with Crippen molar-refractivity contribution in [1.82, 2.24) is 5.32 Å². The fraction of sp³-hybridized carbons (Fsp3) is 0.357. The number of hydrogen-bond donors (Lipinski definition) is 3. The molecule has 0 radical (unpaired) electrons. The molecule has 0 heterocycles. The number of hydrogen-bond acceptors (Lipinski definition) is 3. The lowest BCUT2D eigenvalue weighted by Crippen LogP contribution is -2.50. The highest BCUT2D eigenvalue weighted by atomic mass is 19.1. The lowest BCUT2D eigenvalue weighted by Gasteiger charge is -2.27. The van der Waals surface area contributed by atoms with Gasteiger partial charge in [0.1, 0.15) is 17.9 Å².